The maximum Gasteiger partial charge on any atom is 0.244 e. The molecule has 8 heteroatoms. The van der Waals surface area contributed by atoms with Gasteiger partial charge in [0, 0.05) is 11.3 Å². The van der Waals surface area contributed by atoms with Crippen LogP contribution in [0.2, 0.25) is 0 Å². The van der Waals surface area contributed by atoms with Crippen LogP contribution in [0, 0.1) is 11.6 Å². The first kappa shape index (κ1) is 22.3. The highest BCUT2D eigenvalue weighted by Crippen LogP contribution is 2.37. The molecule has 3 aromatic rings. The third-order valence-electron chi connectivity index (χ3n) is 5.52. The molecule has 6 nitrogen and oxygen atoms in total. The Bertz CT molecular complexity index is 1200. The molecule has 170 valence electrons. The third-order valence-corrected chi connectivity index (χ3v) is 5.52. The van der Waals surface area contributed by atoms with E-state index in [-0.39, 0.29) is 18.9 Å². The van der Waals surface area contributed by atoms with Gasteiger partial charge in [0.25, 0.3) is 0 Å². The van der Waals surface area contributed by atoms with Crippen molar-refractivity contribution in [2.75, 3.05) is 26.1 Å². The van der Waals surface area contributed by atoms with Crippen LogP contribution < -0.4 is 14.8 Å². The zero-order valence-electron chi connectivity index (χ0n) is 18.1. The summed E-state index contributed by atoms with van der Waals surface area (Å²) in [5.41, 5.74) is 2.02. The number of anilines is 1. The third kappa shape index (κ3) is 4.64. The number of halogens is 2. The lowest BCUT2D eigenvalue weighted by Gasteiger charge is -2.31. The van der Waals surface area contributed by atoms with Gasteiger partial charge in [-0.05, 0) is 53.6 Å². The van der Waals surface area contributed by atoms with Crippen molar-refractivity contribution in [1.82, 2.24) is 4.90 Å². The molecule has 0 saturated heterocycles. The monoisotopic (exact) mass is 452 g/mol. The van der Waals surface area contributed by atoms with Crippen LogP contribution in [-0.4, -0.2) is 37.5 Å². The smallest absolute Gasteiger partial charge is 0.244 e. The van der Waals surface area contributed by atoms with Crippen LogP contribution in [0.3, 0.4) is 0 Å². The lowest BCUT2D eigenvalue weighted by Crippen LogP contribution is -2.39. The van der Waals surface area contributed by atoms with Gasteiger partial charge in [-0.25, -0.2) is 8.78 Å². The average Bonchev–Trinajstić information content (AvgIpc) is 2.95. The summed E-state index contributed by atoms with van der Waals surface area (Å²) in [5, 5.41) is 2.73. The van der Waals surface area contributed by atoms with E-state index >= 15 is 0 Å². The fourth-order valence-electron chi connectivity index (χ4n) is 3.98. The Morgan fingerprint density at radius 3 is 2.36 bits per heavy atom. The number of carbonyl (C=O) groups excluding carboxylic acids is 2. The van der Waals surface area contributed by atoms with E-state index in [9.17, 15) is 18.4 Å². The van der Waals surface area contributed by atoms with Gasteiger partial charge in [-0.1, -0.05) is 18.2 Å². The highest BCUT2D eigenvalue weighted by molar-refractivity contribution is 5.97. The summed E-state index contributed by atoms with van der Waals surface area (Å²) in [6.45, 7) is -0.246. The van der Waals surface area contributed by atoms with Crippen LogP contribution >= 0.6 is 0 Å². The Balaban J connectivity index is 1.76. The second-order valence-corrected chi connectivity index (χ2v) is 7.62. The van der Waals surface area contributed by atoms with Gasteiger partial charge in [0.05, 0.1) is 26.7 Å². The Hall–Kier alpha value is -3.94. The Morgan fingerprint density at radius 1 is 0.970 bits per heavy atom. The first-order chi connectivity index (χ1) is 15.9. The highest BCUT2D eigenvalue weighted by atomic mass is 19.1. The number of fused-ring (bicyclic) bond motifs is 1. The molecule has 0 fully saturated rings. The number of carbonyl (C=O) groups is 2. The number of nitrogens with zero attached hydrogens (tertiary/aromatic N) is 1. The Kier molecular flexibility index (Phi) is 6.26. The fourth-order valence-corrected chi connectivity index (χ4v) is 3.98. The van der Waals surface area contributed by atoms with Gasteiger partial charge < -0.3 is 19.7 Å². The average molecular weight is 452 g/mol. The number of ether oxygens (including phenoxy) is 2. The lowest BCUT2D eigenvalue weighted by molar-refractivity contribution is -0.135. The molecule has 2 amide bonds. The van der Waals surface area contributed by atoms with E-state index in [0.717, 1.165) is 0 Å². The molecule has 0 saturated carbocycles. The van der Waals surface area contributed by atoms with Gasteiger partial charge in [0.2, 0.25) is 11.8 Å². The molecule has 0 aromatic heterocycles. The molecule has 4 rings (SSSR count). The normalized spacial score (nSPS) is 15.3. The lowest BCUT2D eigenvalue weighted by atomic mass is 9.95. The van der Waals surface area contributed by atoms with E-state index < -0.39 is 23.6 Å². The summed E-state index contributed by atoms with van der Waals surface area (Å²) in [5.74, 6) is -0.721. The standard InChI is InChI=1S/C25H22F2N2O4/c1-32-21-10-3-15(11-22(21)33-2)12-24(31)29-14-23(30)28-20-9-8-18(27)13-19(20)25(29)16-4-6-17(26)7-5-16/h3-11,13,25H,12,14H2,1-2H3,(H,28,30). The van der Waals surface area contributed by atoms with Crippen LogP contribution in [0.1, 0.15) is 22.7 Å². The number of benzene rings is 3. The van der Waals surface area contributed by atoms with E-state index in [2.05, 4.69) is 5.32 Å². The second kappa shape index (κ2) is 9.28. The number of rotatable bonds is 5. The molecule has 33 heavy (non-hydrogen) atoms. The van der Waals surface area contributed by atoms with E-state index in [0.29, 0.717) is 33.9 Å². The number of nitrogens with one attached hydrogen (secondary N) is 1. The van der Waals surface area contributed by atoms with Crippen molar-refractivity contribution in [1.29, 1.82) is 0 Å². The SMILES string of the molecule is COc1ccc(CC(=O)N2CC(=O)Nc3ccc(F)cc3C2c2ccc(F)cc2)cc1OC. The summed E-state index contributed by atoms with van der Waals surface area (Å²) in [7, 11) is 3.01. The van der Waals surface area contributed by atoms with Gasteiger partial charge in [0.1, 0.15) is 18.2 Å². The minimum absolute atomic E-state index is 0.0318. The molecule has 0 bridgehead atoms. The van der Waals surface area contributed by atoms with Gasteiger partial charge in [-0.15, -0.1) is 0 Å². The predicted molar refractivity (Wildman–Crippen MR) is 118 cm³/mol. The molecular weight excluding hydrogens is 430 g/mol. The van der Waals surface area contributed by atoms with Crippen molar-refractivity contribution in [3.8, 4) is 11.5 Å². The maximum atomic E-state index is 14.2. The van der Waals surface area contributed by atoms with E-state index in [1.807, 2.05) is 0 Å². The summed E-state index contributed by atoms with van der Waals surface area (Å²) >= 11 is 0. The summed E-state index contributed by atoms with van der Waals surface area (Å²) < 4.78 is 38.4. The van der Waals surface area contributed by atoms with Crippen LogP contribution in [0.25, 0.3) is 0 Å². The number of amides is 2. The number of methoxy groups -OCH3 is 2. The van der Waals surface area contributed by atoms with E-state index in [4.69, 9.17) is 9.47 Å². The molecule has 1 aliphatic heterocycles. The van der Waals surface area contributed by atoms with Crippen LogP contribution in [0.15, 0.2) is 60.7 Å². The van der Waals surface area contributed by atoms with Crippen molar-refractivity contribution in [2.45, 2.75) is 12.5 Å². The van der Waals surface area contributed by atoms with Gasteiger partial charge in [-0.2, -0.15) is 0 Å². The molecule has 0 aliphatic carbocycles. The van der Waals surface area contributed by atoms with E-state index in [1.165, 1.54) is 61.6 Å². The molecule has 0 radical (unpaired) electrons. The Labute approximate surface area is 189 Å². The minimum atomic E-state index is -0.789. The zero-order chi connectivity index (χ0) is 23.5. The van der Waals surface area contributed by atoms with E-state index in [1.54, 1.807) is 18.2 Å². The second-order valence-electron chi connectivity index (χ2n) is 7.62. The van der Waals surface area contributed by atoms with Crippen LogP contribution in [0.4, 0.5) is 14.5 Å². The molecular formula is C25H22F2N2O4. The Morgan fingerprint density at radius 2 is 1.67 bits per heavy atom. The van der Waals surface area contributed by atoms with Crippen molar-refractivity contribution >= 4 is 17.5 Å². The number of hydrogen-bond donors (Lipinski definition) is 1. The molecule has 1 heterocycles. The summed E-state index contributed by atoms with van der Waals surface area (Å²) in [4.78, 5) is 27.5. The molecule has 1 aliphatic rings. The molecule has 0 spiro atoms. The molecule has 1 N–H and O–H groups in total. The topological polar surface area (TPSA) is 67.9 Å². The van der Waals surface area contributed by atoms with Crippen molar-refractivity contribution in [3.63, 3.8) is 0 Å². The van der Waals surface area contributed by atoms with Crippen LogP contribution in [0.5, 0.6) is 11.5 Å². The van der Waals surface area contributed by atoms with Gasteiger partial charge in [-0.3, -0.25) is 9.59 Å². The summed E-state index contributed by atoms with van der Waals surface area (Å²) in [6, 6.07) is 13.9. The minimum Gasteiger partial charge on any atom is -0.493 e. The largest absolute Gasteiger partial charge is 0.493 e. The first-order valence-corrected chi connectivity index (χ1v) is 10.2. The maximum absolute atomic E-state index is 14.2. The molecule has 1 atom stereocenters. The fraction of sp³-hybridized carbons (Fsp3) is 0.200. The predicted octanol–water partition coefficient (Wildman–Crippen LogP) is 4.09. The number of hydrogen-bond acceptors (Lipinski definition) is 4. The molecule has 1 unspecified atom stereocenters. The van der Waals surface area contributed by atoms with Crippen molar-refractivity contribution in [2.24, 2.45) is 0 Å². The van der Waals surface area contributed by atoms with Crippen LogP contribution in [-0.2, 0) is 16.0 Å². The molecule has 3 aromatic carbocycles. The van der Waals surface area contributed by atoms with Gasteiger partial charge in [0.15, 0.2) is 11.5 Å². The van der Waals surface area contributed by atoms with Gasteiger partial charge >= 0.3 is 0 Å². The van der Waals surface area contributed by atoms with Crippen molar-refractivity contribution < 1.29 is 27.8 Å². The quantitative estimate of drug-likeness (QED) is 0.633. The highest BCUT2D eigenvalue weighted by Gasteiger charge is 2.33. The summed E-state index contributed by atoms with van der Waals surface area (Å²) in [6.07, 6.45) is -0.0318. The van der Waals surface area contributed by atoms with Crippen molar-refractivity contribution in [3.05, 3.63) is 89.0 Å². The zero-order valence-corrected chi connectivity index (χ0v) is 18.1. The first-order valence-electron chi connectivity index (χ1n) is 10.2.